The van der Waals surface area contributed by atoms with Gasteiger partial charge in [-0.2, -0.15) is 4.31 Å². The Kier molecular flexibility index (Phi) is 4.92. The fourth-order valence-electron chi connectivity index (χ4n) is 1.64. The molecule has 1 aromatic heterocycles. The highest BCUT2D eigenvalue weighted by molar-refractivity contribution is 9.11. The molecule has 1 aromatic carbocycles. The van der Waals surface area contributed by atoms with Gasteiger partial charge in [0, 0.05) is 18.6 Å². The molecule has 0 aliphatic carbocycles. The number of rotatable bonds is 4. The van der Waals surface area contributed by atoms with E-state index < -0.39 is 10.0 Å². The molecule has 2 aromatic rings. The predicted molar refractivity (Wildman–Crippen MR) is 86.9 cm³/mol. The zero-order valence-electron chi connectivity index (χ0n) is 10.9. The van der Waals surface area contributed by atoms with Crippen molar-refractivity contribution in [3.8, 4) is 0 Å². The second-order valence-corrected chi connectivity index (χ2v) is 9.49. The number of hydrogen-bond donors (Lipinski definition) is 0. The molecule has 0 fully saturated rings. The van der Waals surface area contributed by atoms with Crippen molar-refractivity contribution in [2.45, 2.75) is 17.7 Å². The summed E-state index contributed by atoms with van der Waals surface area (Å²) in [7, 11) is -1.88. The van der Waals surface area contributed by atoms with E-state index in [2.05, 4.69) is 15.9 Å². The quantitative estimate of drug-likeness (QED) is 0.775. The van der Waals surface area contributed by atoms with Crippen LogP contribution in [0.2, 0.25) is 5.02 Å². The molecule has 7 heteroatoms. The largest absolute Gasteiger partial charge is 0.252 e. The molecular formula is C13H13BrClNO2S2. The molecule has 108 valence electrons. The van der Waals surface area contributed by atoms with Gasteiger partial charge in [0.25, 0.3) is 10.0 Å². The monoisotopic (exact) mass is 393 g/mol. The van der Waals surface area contributed by atoms with Crippen LogP contribution in [0, 0.1) is 6.92 Å². The number of hydrogen-bond acceptors (Lipinski definition) is 3. The minimum absolute atomic E-state index is 0.314. The van der Waals surface area contributed by atoms with Crippen molar-refractivity contribution in [1.29, 1.82) is 0 Å². The Morgan fingerprint density at radius 2 is 1.90 bits per heavy atom. The minimum Gasteiger partial charge on any atom is -0.206 e. The van der Waals surface area contributed by atoms with Crippen LogP contribution in [0.1, 0.15) is 11.1 Å². The van der Waals surface area contributed by atoms with Gasteiger partial charge in [0.15, 0.2) is 0 Å². The molecule has 0 saturated carbocycles. The highest BCUT2D eigenvalue weighted by Crippen LogP contribution is 2.32. The highest BCUT2D eigenvalue weighted by atomic mass is 79.9. The third kappa shape index (κ3) is 3.43. The maximum absolute atomic E-state index is 12.5. The lowest BCUT2D eigenvalue weighted by Gasteiger charge is -2.16. The van der Waals surface area contributed by atoms with Crippen LogP contribution in [-0.2, 0) is 16.6 Å². The van der Waals surface area contributed by atoms with Gasteiger partial charge in [0.1, 0.15) is 4.21 Å². The van der Waals surface area contributed by atoms with Crippen LogP contribution in [0.3, 0.4) is 0 Å². The van der Waals surface area contributed by atoms with Crippen molar-refractivity contribution in [2.75, 3.05) is 7.05 Å². The van der Waals surface area contributed by atoms with Gasteiger partial charge in [0.2, 0.25) is 0 Å². The number of benzene rings is 1. The van der Waals surface area contributed by atoms with Crippen molar-refractivity contribution in [2.24, 2.45) is 0 Å². The molecule has 0 unspecified atom stereocenters. The van der Waals surface area contributed by atoms with Crippen molar-refractivity contribution in [3.63, 3.8) is 0 Å². The van der Waals surface area contributed by atoms with Crippen molar-refractivity contribution < 1.29 is 8.42 Å². The lowest BCUT2D eigenvalue weighted by atomic mass is 10.2. The molecule has 1 heterocycles. The molecule has 0 bridgehead atoms. The Morgan fingerprint density at radius 3 is 2.40 bits per heavy atom. The minimum atomic E-state index is -3.46. The maximum Gasteiger partial charge on any atom is 0.252 e. The lowest BCUT2D eigenvalue weighted by molar-refractivity contribution is 0.468. The van der Waals surface area contributed by atoms with Crippen LogP contribution in [0.25, 0.3) is 0 Å². The van der Waals surface area contributed by atoms with E-state index in [0.717, 1.165) is 14.9 Å². The van der Waals surface area contributed by atoms with E-state index in [1.54, 1.807) is 25.2 Å². The molecule has 0 aliphatic heterocycles. The summed E-state index contributed by atoms with van der Waals surface area (Å²) in [6.45, 7) is 2.19. The zero-order chi connectivity index (χ0) is 14.9. The number of thiophene rings is 1. The Hall–Kier alpha value is -0.400. The first-order chi connectivity index (χ1) is 9.30. The van der Waals surface area contributed by atoms with Crippen LogP contribution in [0.15, 0.2) is 38.3 Å². The van der Waals surface area contributed by atoms with Crippen LogP contribution in [-0.4, -0.2) is 19.8 Å². The average molecular weight is 395 g/mol. The van der Waals surface area contributed by atoms with Crippen molar-refractivity contribution in [3.05, 3.63) is 50.3 Å². The number of halogens is 2. The SMILES string of the molecule is Cc1cc(S(=O)(=O)N(C)Cc2ccc(Cl)cc2)sc1Br. The summed E-state index contributed by atoms with van der Waals surface area (Å²) < 4.78 is 27.4. The normalized spacial score (nSPS) is 12.1. The summed E-state index contributed by atoms with van der Waals surface area (Å²) in [6.07, 6.45) is 0. The van der Waals surface area contributed by atoms with E-state index in [4.69, 9.17) is 11.6 Å². The molecule has 0 spiro atoms. The average Bonchev–Trinajstić information content (AvgIpc) is 2.73. The third-order valence-corrected chi connectivity index (χ3v) is 7.46. The number of sulfonamides is 1. The second kappa shape index (κ2) is 6.15. The molecular weight excluding hydrogens is 382 g/mol. The molecule has 0 N–H and O–H groups in total. The van der Waals surface area contributed by atoms with Crippen molar-refractivity contribution in [1.82, 2.24) is 4.31 Å². The van der Waals surface area contributed by atoms with Gasteiger partial charge in [-0.3, -0.25) is 0 Å². The predicted octanol–water partition coefficient (Wildman–Crippen LogP) is 4.29. The maximum atomic E-state index is 12.5. The Morgan fingerprint density at radius 1 is 1.30 bits per heavy atom. The van der Waals surface area contributed by atoms with Gasteiger partial charge in [-0.15, -0.1) is 11.3 Å². The molecule has 2 rings (SSSR count). The first kappa shape index (κ1) is 16.0. The fourth-order valence-corrected chi connectivity index (χ4v) is 5.37. The fraction of sp³-hybridized carbons (Fsp3) is 0.231. The molecule has 0 atom stereocenters. The second-order valence-electron chi connectivity index (χ2n) is 4.41. The number of nitrogens with zero attached hydrogens (tertiary/aromatic N) is 1. The van der Waals surface area contributed by atoms with Gasteiger partial charge in [-0.1, -0.05) is 23.7 Å². The van der Waals surface area contributed by atoms with Crippen LogP contribution in [0.5, 0.6) is 0 Å². The summed E-state index contributed by atoms with van der Waals surface area (Å²) in [4.78, 5) is 0. The van der Waals surface area contributed by atoms with Gasteiger partial charge < -0.3 is 0 Å². The number of aryl methyl sites for hydroxylation is 1. The summed E-state index contributed by atoms with van der Waals surface area (Å²) in [6, 6.07) is 8.84. The zero-order valence-corrected chi connectivity index (χ0v) is 14.9. The molecule has 0 radical (unpaired) electrons. The van der Waals surface area contributed by atoms with Gasteiger partial charge >= 0.3 is 0 Å². The van der Waals surface area contributed by atoms with Gasteiger partial charge in [0.05, 0.1) is 3.79 Å². The Labute approximate surface area is 136 Å². The molecule has 3 nitrogen and oxygen atoms in total. The lowest BCUT2D eigenvalue weighted by Crippen LogP contribution is -2.25. The summed E-state index contributed by atoms with van der Waals surface area (Å²) in [5, 5.41) is 0.636. The molecule has 0 aliphatic rings. The summed E-state index contributed by atoms with van der Waals surface area (Å²) in [5.41, 5.74) is 1.82. The first-order valence-electron chi connectivity index (χ1n) is 5.77. The highest BCUT2D eigenvalue weighted by Gasteiger charge is 2.23. The van der Waals surface area contributed by atoms with E-state index in [-0.39, 0.29) is 0 Å². The molecule has 0 amide bonds. The van der Waals surface area contributed by atoms with Crippen LogP contribution >= 0.6 is 38.9 Å². The standard InChI is InChI=1S/C13H13BrClNO2S2/c1-9-7-12(19-13(9)14)20(17,18)16(2)8-10-3-5-11(15)6-4-10/h3-7H,8H2,1-2H3. The van der Waals surface area contributed by atoms with E-state index >= 15 is 0 Å². The Bertz CT molecular complexity index is 691. The third-order valence-electron chi connectivity index (χ3n) is 2.82. The van der Waals surface area contributed by atoms with Gasteiger partial charge in [-0.05, 0) is 52.2 Å². The van der Waals surface area contributed by atoms with E-state index in [0.29, 0.717) is 15.8 Å². The molecule has 20 heavy (non-hydrogen) atoms. The first-order valence-corrected chi connectivity index (χ1v) is 9.20. The van der Waals surface area contributed by atoms with E-state index in [9.17, 15) is 8.42 Å². The molecule has 0 saturated heterocycles. The van der Waals surface area contributed by atoms with E-state index in [1.807, 2.05) is 19.1 Å². The van der Waals surface area contributed by atoms with E-state index in [1.165, 1.54) is 15.6 Å². The summed E-state index contributed by atoms with van der Waals surface area (Å²) in [5.74, 6) is 0. The smallest absolute Gasteiger partial charge is 0.206 e. The summed E-state index contributed by atoms with van der Waals surface area (Å²) >= 11 is 10.4. The topological polar surface area (TPSA) is 37.4 Å². The Balaban J connectivity index is 2.23. The van der Waals surface area contributed by atoms with Gasteiger partial charge in [-0.25, -0.2) is 8.42 Å². The van der Waals surface area contributed by atoms with Crippen molar-refractivity contribution >= 4 is 48.9 Å². The van der Waals surface area contributed by atoms with Crippen LogP contribution in [0.4, 0.5) is 0 Å². The van der Waals surface area contributed by atoms with Crippen LogP contribution < -0.4 is 0 Å².